The molecule has 3 rings (SSSR count). The molecule has 0 aliphatic heterocycles. The van der Waals surface area contributed by atoms with E-state index >= 15 is 0 Å². The third kappa shape index (κ3) is 2.66. The molecule has 4 nitrogen and oxygen atoms in total. The number of methoxy groups -OCH3 is 1. The number of thiazole rings is 1. The van der Waals surface area contributed by atoms with E-state index < -0.39 is 0 Å². The Kier molecular flexibility index (Phi) is 3.29. The number of hydrogen-bond donors (Lipinski definition) is 0. The first-order valence-electron chi connectivity index (χ1n) is 5.90. The number of aromatic nitrogens is 3. The van der Waals surface area contributed by atoms with Gasteiger partial charge in [0.05, 0.1) is 25.7 Å². The summed E-state index contributed by atoms with van der Waals surface area (Å²) in [5.41, 5.74) is 2.16. The van der Waals surface area contributed by atoms with Gasteiger partial charge in [-0.1, -0.05) is 0 Å². The van der Waals surface area contributed by atoms with Crippen LogP contribution in [0, 0.1) is 0 Å². The second-order valence-electron chi connectivity index (χ2n) is 4.11. The molecule has 0 N–H and O–H groups in total. The van der Waals surface area contributed by atoms with Crippen LogP contribution in [0.1, 0.15) is 5.69 Å². The van der Waals surface area contributed by atoms with Crippen LogP contribution < -0.4 is 4.74 Å². The highest BCUT2D eigenvalue weighted by atomic mass is 32.1. The zero-order valence-electron chi connectivity index (χ0n) is 10.5. The summed E-state index contributed by atoms with van der Waals surface area (Å²) < 4.78 is 7.16. The van der Waals surface area contributed by atoms with Crippen molar-refractivity contribution in [1.29, 1.82) is 0 Å². The van der Waals surface area contributed by atoms with Crippen molar-refractivity contribution in [1.82, 2.24) is 14.5 Å². The van der Waals surface area contributed by atoms with Crippen LogP contribution in [0.5, 0.6) is 5.75 Å². The molecule has 3 aromatic rings. The zero-order chi connectivity index (χ0) is 13.1. The lowest BCUT2D eigenvalue weighted by atomic mass is 10.2. The Labute approximate surface area is 115 Å². The van der Waals surface area contributed by atoms with E-state index in [9.17, 15) is 0 Å². The molecule has 0 amide bonds. The van der Waals surface area contributed by atoms with Crippen LogP contribution in [0.4, 0.5) is 0 Å². The van der Waals surface area contributed by atoms with E-state index in [2.05, 4.69) is 15.3 Å². The molecule has 19 heavy (non-hydrogen) atoms. The standard InChI is InChI=1S/C14H13N3OS/c1-18-13-4-2-11(3-5-13)14-16-12(9-19-14)8-17-7-6-15-10-17/h2-7,9-10H,8H2,1H3. The van der Waals surface area contributed by atoms with E-state index in [1.165, 1.54) is 0 Å². The highest BCUT2D eigenvalue weighted by Crippen LogP contribution is 2.25. The highest BCUT2D eigenvalue weighted by molar-refractivity contribution is 7.13. The lowest BCUT2D eigenvalue weighted by Crippen LogP contribution is -1.96. The van der Waals surface area contributed by atoms with E-state index in [4.69, 9.17) is 4.74 Å². The van der Waals surface area contributed by atoms with Crippen molar-refractivity contribution in [3.8, 4) is 16.3 Å². The molecule has 0 radical (unpaired) electrons. The molecule has 0 bridgehead atoms. The Morgan fingerprint density at radius 1 is 1.26 bits per heavy atom. The third-order valence-corrected chi connectivity index (χ3v) is 3.73. The average molecular weight is 271 g/mol. The zero-order valence-corrected chi connectivity index (χ0v) is 11.3. The van der Waals surface area contributed by atoms with Crippen LogP contribution in [-0.4, -0.2) is 21.6 Å². The maximum atomic E-state index is 5.15. The fourth-order valence-electron chi connectivity index (χ4n) is 1.81. The van der Waals surface area contributed by atoms with Gasteiger partial charge in [0.25, 0.3) is 0 Å². The Bertz CT molecular complexity index is 644. The topological polar surface area (TPSA) is 39.9 Å². The number of rotatable bonds is 4. The summed E-state index contributed by atoms with van der Waals surface area (Å²) in [5.74, 6) is 0.860. The lowest BCUT2D eigenvalue weighted by Gasteiger charge is -2.00. The minimum absolute atomic E-state index is 0.757. The average Bonchev–Trinajstić information content (AvgIpc) is 3.11. The Morgan fingerprint density at radius 3 is 2.79 bits per heavy atom. The van der Waals surface area contributed by atoms with Gasteiger partial charge in [-0.15, -0.1) is 11.3 Å². The fourth-order valence-corrected chi connectivity index (χ4v) is 2.63. The number of imidazole rings is 1. The molecule has 1 aromatic carbocycles. The van der Waals surface area contributed by atoms with Crippen molar-refractivity contribution in [2.75, 3.05) is 7.11 Å². The van der Waals surface area contributed by atoms with E-state index in [-0.39, 0.29) is 0 Å². The summed E-state index contributed by atoms with van der Waals surface area (Å²) in [5, 5.41) is 3.11. The van der Waals surface area contributed by atoms with Crippen LogP contribution in [0.25, 0.3) is 10.6 Å². The maximum absolute atomic E-state index is 5.15. The molecule has 0 aliphatic rings. The number of ether oxygens (including phenoxy) is 1. The summed E-state index contributed by atoms with van der Waals surface area (Å²) in [6, 6.07) is 7.95. The van der Waals surface area contributed by atoms with Crippen LogP contribution in [0.2, 0.25) is 0 Å². The molecule has 0 spiro atoms. The van der Waals surface area contributed by atoms with Crippen molar-refractivity contribution < 1.29 is 4.74 Å². The molecule has 96 valence electrons. The summed E-state index contributed by atoms with van der Waals surface area (Å²) in [4.78, 5) is 8.67. The monoisotopic (exact) mass is 271 g/mol. The molecule has 5 heteroatoms. The first-order valence-corrected chi connectivity index (χ1v) is 6.78. The minimum Gasteiger partial charge on any atom is -0.497 e. The summed E-state index contributed by atoms with van der Waals surface area (Å²) in [7, 11) is 1.67. The van der Waals surface area contributed by atoms with Gasteiger partial charge in [0.15, 0.2) is 0 Å². The van der Waals surface area contributed by atoms with Gasteiger partial charge in [-0.25, -0.2) is 9.97 Å². The summed E-state index contributed by atoms with van der Waals surface area (Å²) in [6.07, 6.45) is 5.51. The van der Waals surface area contributed by atoms with Crippen LogP contribution in [0.3, 0.4) is 0 Å². The van der Waals surface area contributed by atoms with Gasteiger partial charge in [-0.05, 0) is 24.3 Å². The minimum atomic E-state index is 0.757. The number of benzene rings is 1. The Hall–Kier alpha value is -2.14. The van der Waals surface area contributed by atoms with E-state index in [0.29, 0.717) is 0 Å². The van der Waals surface area contributed by atoms with Crippen LogP contribution in [-0.2, 0) is 6.54 Å². The fraction of sp³-hybridized carbons (Fsp3) is 0.143. The molecule has 0 saturated heterocycles. The van der Waals surface area contributed by atoms with E-state index in [0.717, 1.165) is 28.6 Å². The molecular formula is C14H13N3OS. The third-order valence-electron chi connectivity index (χ3n) is 2.79. The maximum Gasteiger partial charge on any atom is 0.123 e. The van der Waals surface area contributed by atoms with Gasteiger partial charge in [0.2, 0.25) is 0 Å². The van der Waals surface area contributed by atoms with Crippen molar-refractivity contribution in [3.05, 3.63) is 54.1 Å². The molecule has 0 fully saturated rings. The first-order chi connectivity index (χ1) is 9.35. The molecule has 2 aromatic heterocycles. The molecule has 0 aliphatic carbocycles. The van der Waals surface area contributed by atoms with Crippen molar-refractivity contribution in [3.63, 3.8) is 0 Å². The lowest BCUT2D eigenvalue weighted by molar-refractivity contribution is 0.415. The predicted octanol–water partition coefficient (Wildman–Crippen LogP) is 3.06. The molecule has 0 saturated carbocycles. The van der Waals surface area contributed by atoms with Gasteiger partial charge in [-0.3, -0.25) is 0 Å². The first kappa shape index (κ1) is 11.9. The molecule has 0 atom stereocenters. The van der Waals surface area contributed by atoms with Crippen LogP contribution in [0.15, 0.2) is 48.4 Å². The second-order valence-corrected chi connectivity index (χ2v) is 4.97. The molecule has 0 unspecified atom stereocenters. The van der Waals surface area contributed by atoms with Crippen LogP contribution >= 0.6 is 11.3 Å². The quantitative estimate of drug-likeness (QED) is 0.732. The highest BCUT2D eigenvalue weighted by Gasteiger charge is 2.05. The summed E-state index contributed by atoms with van der Waals surface area (Å²) in [6.45, 7) is 0.757. The number of hydrogen-bond acceptors (Lipinski definition) is 4. The van der Waals surface area contributed by atoms with Gasteiger partial charge in [-0.2, -0.15) is 0 Å². The largest absolute Gasteiger partial charge is 0.497 e. The molecular weight excluding hydrogens is 258 g/mol. The summed E-state index contributed by atoms with van der Waals surface area (Å²) >= 11 is 1.65. The van der Waals surface area contributed by atoms with Gasteiger partial charge in [0, 0.05) is 23.3 Å². The van der Waals surface area contributed by atoms with Crippen molar-refractivity contribution >= 4 is 11.3 Å². The van der Waals surface area contributed by atoms with Gasteiger partial charge >= 0.3 is 0 Å². The van der Waals surface area contributed by atoms with Crippen molar-refractivity contribution in [2.45, 2.75) is 6.54 Å². The van der Waals surface area contributed by atoms with E-state index in [1.54, 1.807) is 31.0 Å². The Balaban J connectivity index is 1.80. The molecule has 2 heterocycles. The normalized spacial score (nSPS) is 10.6. The van der Waals surface area contributed by atoms with Crippen molar-refractivity contribution in [2.24, 2.45) is 0 Å². The smallest absolute Gasteiger partial charge is 0.123 e. The predicted molar refractivity (Wildman–Crippen MR) is 75.4 cm³/mol. The van der Waals surface area contributed by atoms with Gasteiger partial charge < -0.3 is 9.30 Å². The van der Waals surface area contributed by atoms with Gasteiger partial charge in [0.1, 0.15) is 10.8 Å². The number of nitrogens with zero attached hydrogens (tertiary/aromatic N) is 3. The Morgan fingerprint density at radius 2 is 2.11 bits per heavy atom. The SMILES string of the molecule is COc1ccc(-c2nc(Cn3ccnc3)cs2)cc1. The van der Waals surface area contributed by atoms with E-state index in [1.807, 2.05) is 35.0 Å². The second kappa shape index (κ2) is 5.24.